The summed E-state index contributed by atoms with van der Waals surface area (Å²) in [5.74, 6) is -1.31. The lowest BCUT2D eigenvalue weighted by Crippen LogP contribution is -2.42. The van der Waals surface area contributed by atoms with Gasteiger partial charge >= 0.3 is 0 Å². The average Bonchev–Trinajstić information content (AvgIpc) is 2.91. The number of aromatic amines is 1. The van der Waals surface area contributed by atoms with Gasteiger partial charge in [-0.3, -0.25) is 0 Å². The van der Waals surface area contributed by atoms with Crippen LogP contribution in [-0.4, -0.2) is 29.2 Å². The summed E-state index contributed by atoms with van der Waals surface area (Å²) in [5.41, 5.74) is 5.95. The van der Waals surface area contributed by atoms with E-state index in [0.29, 0.717) is 24.6 Å². The summed E-state index contributed by atoms with van der Waals surface area (Å²) in [6.45, 7) is 2.75. The van der Waals surface area contributed by atoms with E-state index in [9.17, 15) is 8.78 Å². The molecule has 1 saturated heterocycles. The van der Waals surface area contributed by atoms with Gasteiger partial charge in [-0.1, -0.05) is 0 Å². The molecule has 96 valence electrons. The van der Waals surface area contributed by atoms with E-state index in [1.165, 1.54) is 6.07 Å². The lowest BCUT2D eigenvalue weighted by atomic mass is 9.85. The van der Waals surface area contributed by atoms with Crippen molar-refractivity contribution in [2.45, 2.75) is 18.4 Å². The van der Waals surface area contributed by atoms with Crippen molar-refractivity contribution in [3.05, 3.63) is 29.6 Å². The van der Waals surface area contributed by atoms with Crippen LogP contribution in [0.25, 0.3) is 11.0 Å². The molecule has 0 amide bonds. The molecule has 0 spiro atoms. The largest absolute Gasteiger partial charge is 0.379 e. The van der Waals surface area contributed by atoms with E-state index in [1.807, 2.05) is 6.92 Å². The molecule has 0 saturated carbocycles. The number of hydrogen-bond donors (Lipinski definition) is 2. The summed E-state index contributed by atoms with van der Waals surface area (Å²) >= 11 is 0. The van der Waals surface area contributed by atoms with Crippen LogP contribution in [0.4, 0.5) is 8.78 Å². The van der Waals surface area contributed by atoms with Gasteiger partial charge in [-0.05, 0) is 19.1 Å². The van der Waals surface area contributed by atoms with Crippen molar-refractivity contribution in [2.24, 2.45) is 5.73 Å². The Morgan fingerprint density at radius 3 is 2.94 bits per heavy atom. The van der Waals surface area contributed by atoms with E-state index in [1.54, 1.807) is 0 Å². The molecule has 2 unspecified atom stereocenters. The van der Waals surface area contributed by atoms with Gasteiger partial charge in [0.1, 0.15) is 11.3 Å². The Morgan fingerprint density at radius 2 is 2.28 bits per heavy atom. The van der Waals surface area contributed by atoms with Crippen LogP contribution >= 0.6 is 0 Å². The topological polar surface area (TPSA) is 63.9 Å². The van der Waals surface area contributed by atoms with E-state index in [2.05, 4.69) is 9.97 Å². The molecule has 1 aliphatic heterocycles. The molecule has 4 nitrogen and oxygen atoms in total. The second-order valence-corrected chi connectivity index (χ2v) is 4.88. The van der Waals surface area contributed by atoms with E-state index >= 15 is 0 Å². The lowest BCUT2D eigenvalue weighted by Gasteiger charge is -2.23. The molecule has 0 bridgehead atoms. The number of halogens is 2. The minimum absolute atomic E-state index is 0.00493. The van der Waals surface area contributed by atoms with Crippen LogP contribution in [0, 0.1) is 11.6 Å². The van der Waals surface area contributed by atoms with Crippen LogP contribution in [0.3, 0.4) is 0 Å². The molecule has 1 aromatic carbocycles. The van der Waals surface area contributed by atoms with E-state index < -0.39 is 17.0 Å². The molecule has 2 heterocycles. The summed E-state index contributed by atoms with van der Waals surface area (Å²) in [6, 6.07) is 2.33. The molecule has 0 radical (unpaired) electrons. The highest BCUT2D eigenvalue weighted by molar-refractivity contribution is 5.76. The number of benzene rings is 1. The summed E-state index contributed by atoms with van der Waals surface area (Å²) in [6.07, 6.45) is 0. The maximum atomic E-state index is 13.6. The number of nitrogens with one attached hydrogen (secondary N) is 1. The number of fused-ring (bicyclic) bond motifs is 1. The predicted octanol–water partition coefficient (Wildman–Crippen LogP) is 1.46. The van der Waals surface area contributed by atoms with Crippen molar-refractivity contribution in [3.63, 3.8) is 0 Å². The van der Waals surface area contributed by atoms with Crippen molar-refractivity contribution in [3.8, 4) is 0 Å². The summed E-state index contributed by atoms with van der Waals surface area (Å²) in [7, 11) is 0. The van der Waals surface area contributed by atoms with Gasteiger partial charge in [0, 0.05) is 6.04 Å². The first kappa shape index (κ1) is 11.6. The number of nitrogens with two attached hydrogens (primary N) is 1. The Morgan fingerprint density at radius 1 is 1.50 bits per heavy atom. The molecule has 2 aromatic rings. The van der Waals surface area contributed by atoms with Gasteiger partial charge in [-0.15, -0.1) is 0 Å². The number of H-pyrrole nitrogens is 1. The van der Waals surface area contributed by atoms with E-state index in [0.717, 1.165) is 6.07 Å². The van der Waals surface area contributed by atoms with Gasteiger partial charge in [-0.25, -0.2) is 13.8 Å². The molecule has 3 rings (SSSR count). The normalized spacial score (nSPS) is 28.1. The average molecular weight is 253 g/mol. The maximum Gasteiger partial charge on any atom is 0.186 e. The Labute approximate surface area is 102 Å². The van der Waals surface area contributed by atoms with E-state index in [-0.39, 0.29) is 11.6 Å². The zero-order valence-corrected chi connectivity index (χ0v) is 9.84. The van der Waals surface area contributed by atoms with Gasteiger partial charge in [0.05, 0.1) is 24.1 Å². The SMILES string of the molecule is CC1(c2nc3c(F)c(F)ccc3[nH]2)COCC1N. The molecule has 6 heteroatoms. The summed E-state index contributed by atoms with van der Waals surface area (Å²) in [5, 5.41) is 0. The number of imidazole rings is 1. The summed E-state index contributed by atoms with van der Waals surface area (Å²) in [4.78, 5) is 7.15. The number of nitrogens with zero attached hydrogens (tertiary/aromatic N) is 1. The fraction of sp³-hybridized carbons (Fsp3) is 0.417. The van der Waals surface area contributed by atoms with Gasteiger partial charge in [-0.2, -0.15) is 0 Å². The number of aromatic nitrogens is 2. The highest BCUT2D eigenvalue weighted by Gasteiger charge is 2.42. The Balaban J connectivity index is 2.17. The fourth-order valence-corrected chi connectivity index (χ4v) is 2.22. The molecular formula is C12H13F2N3O. The monoisotopic (exact) mass is 253 g/mol. The highest BCUT2D eigenvalue weighted by atomic mass is 19.2. The predicted molar refractivity (Wildman–Crippen MR) is 62.2 cm³/mol. The number of rotatable bonds is 1. The molecule has 2 atom stereocenters. The van der Waals surface area contributed by atoms with Gasteiger partial charge < -0.3 is 15.5 Å². The first-order chi connectivity index (χ1) is 8.52. The van der Waals surface area contributed by atoms with Crippen molar-refractivity contribution >= 4 is 11.0 Å². The molecule has 18 heavy (non-hydrogen) atoms. The van der Waals surface area contributed by atoms with Crippen molar-refractivity contribution in [1.29, 1.82) is 0 Å². The molecule has 1 aliphatic rings. The van der Waals surface area contributed by atoms with Crippen molar-refractivity contribution in [2.75, 3.05) is 13.2 Å². The molecule has 1 fully saturated rings. The van der Waals surface area contributed by atoms with Gasteiger partial charge in [0.15, 0.2) is 11.6 Å². The maximum absolute atomic E-state index is 13.6. The second-order valence-electron chi connectivity index (χ2n) is 4.88. The van der Waals surface area contributed by atoms with Crippen LogP contribution < -0.4 is 5.73 Å². The zero-order chi connectivity index (χ0) is 12.9. The zero-order valence-electron chi connectivity index (χ0n) is 9.84. The number of hydrogen-bond acceptors (Lipinski definition) is 3. The van der Waals surface area contributed by atoms with Gasteiger partial charge in [0.2, 0.25) is 0 Å². The van der Waals surface area contributed by atoms with Crippen LogP contribution in [0.15, 0.2) is 12.1 Å². The Hall–Kier alpha value is -1.53. The second kappa shape index (κ2) is 3.73. The van der Waals surface area contributed by atoms with Crippen LogP contribution in [0.1, 0.15) is 12.7 Å². The standard InChI is InChI=1S/C12H13F2N3O/c1-12(5-18-4-8(12)15)11-16-7-3-2-6(13)9(14)10(7)17-11/h2-3,8H,4-5,15H2,1H3,(H,16,17). The molecular weight excluding hydrogens is 240 g/mol. The lowest BCUT2D eigenvalue weighted by molar-refractivity contribution is 0.178. The molecule has 0 aliphatic carbocycles. The third-order valence-electron chi connectivity index (χ3n) is 3.60. The van der Waals surface area contributed by atoms with Gasteiger partial charge in [0.25, 0.3) is 0 Å². The van der Waals surface area contributed by atoms with Crippen molar-refractivity contribution < 1.29 is 13.5 Å². The third-order valence-corrected chi connectivity index (χ3v) is 3.60. The van der Waals surface area contributed by atoms with Crippen LogP contribution in [0.2, 0.25) is 0 Å². The fourth-order valence-electron chi connectivity index (χ4n) is 2.22. The smallest absolute Gasteiger partial charge is 0.186 e. The van der Waals surface area contributed by atoms with Crippen LogP contribution in [0.5, 0.6) is 0 Å². The quantitative estimate of drug-likeness (QED) is 0.808. The van der Waals surface area contributed by atoms with Crippen molar-refractivity contribution in [1.82, 2.24) is 9.97 Å². The number of ether oxygens (including phenoxy) is 1. The third kappa shape index (κ3) is 1.46. The Bertz CT molecular complexity index is 613. The summed E-state index contributed by atoms with van der Waals surface area (Å²) < 4.78 is 32.1. The highest BCUT2D eigenvalue weighted by Crippen LogP contribution is 2.32. The minimum Gasteiger partial charge on any atom is -0.379 e. The van der Waals surface area contributed by atoms with E-state index in [4.69, 9.17) is 10.5 Å². The van der Waals surface area contributed by atoms with Crippen LogP contribution in [-0.2, 0) is 10.2 Å². The first-order valence-electron chi connectivity index (χ1n) is 5.70. The minimum atomic E-state index is -0.939. The first-order valence-corrected chi connectivity index (χ1v) is 5.70. The molecule has 3 N–H and O–H groups in total. The Kier molecular flexibility index (Phi) is 2.39. The molecule has 1 aromatic heterocycles.